The van der Waals surface area contributed by atoms with E-state index in [1.54, 1.807) is 38.1 Å². The lowest BCUT2D eigenvalue weighted by molar-refractivity contribution is -0.137. The van der Waals surface area contributed by atoms with Gasteiger partial charge in [0.05, 0.1) is 29.3 Å². The molecule has 7 nitrogen and oxygen atoms in total. The SMILES string of the molecule is CC(C)(C(=O)NCCC#N)c1nnc(-c2ccccc2Nc2ccc(C(F)(F)F)cc2)o1. The minimum atomic E-state index is -4.41. The Morgan fingerprint density at radius 1 is 1.09 bits per heavy atom. The van der Waals surface area contributed by atoms with Gasteiger partial charge in [0.25, 0.3) is 0 Å². The van der Waals surface area contributed by atoms with Crippen molar-refractivity contribution < 1.29 is 22.4 Å². The van der Waals surface area contributed by atoms with Crippen molar-refractivity contribution in [2.45, 2.75) is 31.9 Å². The lowest BCUT2D eigenvalue weighted by Crippen LogP contribution is -2.40. The molecule has 0 bridgehead atoms. The monoisotopic (exact) mass is 443 g/mol. The molecule has 2 N–H and O–H groups in total. The summed E-state index contributed by atoms with van der Waals surface area (Å²) in [6.45, 7) is 3.45. The van der Waals surface area contributed by atoms with E-state index in [0.717, 1.165) is 12.1 Å². The molecule has 0 radical (unpaired) electrons. The first-order chi connectivity index (χ1) is 15.1. The Balaban J connectivity index is 1.83. The number of carbonyl (C=O) groups excluding carboxylic acids is 1. The third kappa shape index (κ3) is 5.06. The molecule has 0 aliphatic rings. The number of nitriles is 1. The average Bonchev–Trinajstić information content (AvgIpc) is 3.25. The highest BCUT2D eigenvalue weighted by Crippen LogP contribution is 2.33. The number of para-hydroxylation sites is 1. The molecule has 3 aromatic rings. The van der Waals surface area contributed by atoms with Gasteiger partial charge in [0, 0.05) is 12.2 Å². The van der Waals surface area contributed by atoms with Crippen LogP contribution in [0.15, 0.2) is 52.9 Å². The van der Waals surface area contributed by atoms with Gasteiger partial charge in [-0.3, -0.25) is 4.79 Å². The first-order valence-electron chi connectivity index (χ1n) is 9.66. The van der Waals surface area contributed by atoms with Gasteiger partial charge in [-0.15, -0.1) is 10.2 Å². The fourth-order valence-electron chi connectivity index (χ4n) is 2.81. The van der Waals surface area contributed by atoms with E-state index in [0.29, 0.717) is 16.9 Å². The van der Waals surface area contributed by atoms with Gasteiger partial charge in [-0.05, 0) is 50.2 Å². The van der Waals surface area contributed by atoms with Crippen molar-refractivity contribution in [3.05, 3.63) is 60.0 Å². The molecule has 10 heteroatoms. The van der Waals surface area contributed by atoms with Crippen molar-refractivity contribution >= 4 is 17.3 Å². The predicted octanol–water partition coefficient (Wildman–Crippen LogP) is 4.81. The minimum absolute atomic E-state index is 0.0892. The Morgan fingerprint density at radius 3 is 2.44 bits per heavy atom. The van der Waals surface area contributed by atoms with Gasteiger partial charge >= 0.3 is 6.18 Å². The Morgan fingerprint density at radius 2 is 1.78 bits per heavy atom. The summed E-state index contributed by atoms with van der Waals surface area (Å²) < 4.78 is 44.1. The van der Waals surface area contributed by atoms with Gasteiger partial charge in [-0.25, -0.2) is 0 Å². The second kappa shape index (κ2) is 9.09. The van der Waals surface area contributed by atoms with Crippen LogP contribution in [-0.2, 0) is 16.4 Å². The molecule has 32 heavy (non-hydrogen) atoms. The zero-order valence-corrected chi connectivity index (χ0v) is 17.3. The maximum atomic E-state index is 12.8. The van der Waals surface area contributed by atoms with Crippen LogP contribution in [0.3, 0.4) is 0 Å². The third-order valence-corrected chi connectivity index (χ3v) is 4.70. The van der Waals surface area contributed by atoms with E-state index >= 15 is 0 Å². The number of hydrogen-bond acceptors (Lipinski definition) is 6. The van der Waals surface area contributed by atoms with E-state index in [2.05, 4.69) is 20.8 Å². The number of halogens is 3. The van der Waals surface area contributed by atoms with Crippen molar-refractivity contribution in [2.75, 3.05) is 11.9 Å². The van der Waals surface area contributed by atoms with E-state index < -0.39 is 17.2 Å². The highest BCUT2D eigenvalue weighted by molar-refractivity contribution is 5.86. The molecule has 0 aliphatic carbocycles. The lowest BCUT2D eigenvalue weighted by Gasteiger charge is -2.18. The van der Waals surface area contributed by atoms with Crippen LogP contribution in [0.5, 0.6) is 0 Å². The second-order valence-corrected chi connectivity index (χ2v) is 7.45. The normalized spacial score (nSPS) is 11.6. The molecule has 1 amide bonds. The Bertz CT molecular complexity index is 1130. The van der Waals surface area contributed by atoms with Crippen molar-refractivity contribution in [1.82, 2.24) is 15.5 Å². The van der Waals surface area contributed by atoms with Crippen molar-refractivity contribution in [3.63, 3.8) is 0 Å². The van der Waals surface area contributed by atoms with E-state index in [-0.39, 0.29) is 30.7 Å². The summed E-state index contributed by atoms with van der Waals surface area (Å²) in [5.74, 6) is -0.127. The van der Waals surface area contributed by atoms with Crippen LogP contribution in [0, 0.1) is 11.3 Å². The van der Waals surface area contributed by atoms with Gasteiger partial charge in [-0.1, -0.05) is 12.1 Å². The quantitative estimate of drug-likeness (QED) is 0.508. The summed E-state index contributed by atoms with van der Waals surface area (Å²) in [4.78, 5) is 12.5. The number of hydrogen-bond donors (Lipinski definition) is 2. The molecule has 0 spiro atoms. The Hall–Kier alpha value is -3.87. The minimum Gasteiger partial charge on any atom is -0.419 e. The molecule has 0 unspecified atom stereocenters. The number of alkyl halides is 3. The zero-order chi connectivity index (χ0) is 23.4. The summed E-state index contributed by atoms with van der Waals surface area (Å²) >= 11 is 0. The first kappa shape index (κ1) is 22.8. The van der Waals surface area contributed by atoms with Crippen LogP contribution in [0.1, 0.15) is 31.7 Å². The molecular weight excluding hydrogens is 423 g/mol. The molecule has 166 valence electrons. The van der Waals surface area contributed by atoms with Gasteiger partial charge in [0.2, 0.25) is 17.7 Å². The molecule has 0 fully saturated rings. The van der Waals surface area contributed by atoms with Crippen LogP contribution in [0.4, 0.5) is 24.5 Å². The van der Waals surface area contributed by atoms with Crippen molar-refractivity contribution in [3.8, 4) is 17.5 Å². The van der Waals surface area contributed by atoms with Crippen LogP contribution in [0.2, 0.25) is 0 Å². The lowest BCUT2D eigenvalue weighted by atomic mass is 9.92. The number of benzene rings is 2. The Kier molecular flexibility index (Phi) is 6.48. The molecule has 1 heterocycles. The summed E-state index contributed by atoms with van der Waals surface area (Å²) in [6, 6.07) is 13.5. The Labute approximate surface area is 182 Å². The summed E-state index contributed by atoms with van der Waals surface area (Å²) in [5, 5.41) is 22.4. The number of aromatic nitrogens is 2. The fourth-order valence-corrected chi connectivity index (χ4v) is 2.81. The number of nitrogens with one attached hydrogen (secondary N) is 2. The topological polar surface area (TPSA) is 104 Å². The van der Waals surface area contributed by atoms with Crippen molar-refractivity contribution in [1.29, 1.82) is 5.26 Å². The number of carbonyl (C=O) groups is 1. The van der Waals surface area contributed by atoms with E-state index in [4.69, 9.17) is 9.68 Å². The van der Waals surface area contributed by atoms with Gasteiger partial charge < -0.3 is 15.1 Å². The average molecular weight is 443 g/mol. The largest absolute Gasteiger partial charge is 0.419 e. The van der Waals surface area contributed by atoms with E-state index in [9.17, 15) is 18.0 Å². The zero-order valence-electron chi connectivity index (χ0n) is 17.3. The maximum Gasteiger partial charge on any atom is 0.416 e. The van der Waals surface area contributed by atoms with Crippen molar-refractivity contribution in [2.24, 2.45) is 0 Å². The summed E-state index contributed by atoms with van der Waals surface area (Å²) in [5.41, 5.74) is -0.364. The molecule has 0 saturated heterocycles. The smallest absolute Gasteiger partial charge is 0.416 e. The highest BCUT2D eigenvalue weighted by Gasteiger charge is 2.36. The highest BCUT2D eigenvalue weighted by atomic mass is 19.4. The molecule has 0 saturated carbocycles. The number of anilines is 2. The first-order valence-corrected chi connectivity index (χ1v) is 9.66. The maximum absolute atomic E-state index is 12.8. The molecule has 3 rings (SSSR count). The molecule has 1 aromatic heterocycles. The standard InChI is InChI=1S/C22H20F3N5O2/c1-21(2,19(31)27-13-5-12-26)20-30-29-18(32-20)16-6-3-4-7-17(16)28-15-10-8-14(9-11-15)22(23,24)25/h3-4,6-11,28H,5,13H2,1-2H3,(H,27,31). The van der Waals surface area contributed by atoms with Crippen LogP contribution in [-0.4, -0.2) is 22.6 Å². The van der Waals surface area contributed by atoms with Gasteiger partial charge in [-0.2, -0.15) is 18.4 Å². The number of nitrogens with zero attached hydrogens (tertiary/aromatic N) is 3. The molecular formula is C22H20F3N5O2. The molecule has 0 atom stereocenters. The third-order valence-electron chi connectivity index (χ3n) is 4.70. The predicted molar refractivity (Wildman–Crippen MR) is 111 cm³/mol. The molecule has 0 aliphatic heterocycles. The van der Waals surface area contributed by atoms with E-state index in [1.165, 1.54) is 12.1 Å². The summed E-state index contributed by atoms with van der Waals surface area (Å²) in [7, 11) is 0. The van der Waals surface area contributed by atoms with Crippen LogP contribution < -0.4 is 10.6 Å². The second-order valence-electron chi connectivity index (χ2n) is 7.45. The van der Waals surface area contributed by atoms with Crippen LogP contribution >= 0.6 is 0 Å². The fraction of sp³-hybridized carbons (Fsp3) is 0.273. The molecule has 2 aromatic carbocycles. The number of rotatable bonds is 7. The van der Waals surface area contributed by atoms with Gasteiger partial charge in [0.15, 0.2) is 0 Å². The van der Waals surface area contributed by atoms with Crippen LogP contribution in [0.25, 0.3) is 11.5 Å². The van der Waals surface area contributed by atoms with E-state index in [1.807, 2.05) is 6.07 Å². The number of amides is 1. The summed E-state index contributed by atoms with van der Waals surface area (Å²) in [6.07, 6.45) is -4.23. The van der Waals surface area contributed by atoms with Gasteiger partial charge in [0.1, 0.15) is 5.41 Å².